The van der Waals surface area contributed by atoms with Gasteiger partial charge in [0.1, 0.15) is 18.1 Å². The molecule has 1 unspecified atom stereocenters. The van der Waals surface area contributed by atoms with E-state index < -0.39 is 34.9 Å². The molecule has 0 bridgehead atoms. The normalized spacial score (nSPS) is 14.0. The van der Waals surface area contributed by atoms with Gasteiger partial charge in [-0.1, -0.05) is 43.5 Å². The molecular formula is C25H23ClF3N7O3. The van der Waals surface area contributed by atoms with Crippen LogP contribution < -0.4 is 16.0 Å². The number of hydrogen-bond acceptors (Lipinski definition) is 7. The Morgan fingerprint density at radius 2 is 1.72 bits per heavy atom. The van der Waals surface area contributed by atoms with Gasteiger partial charge in [-0.15, -0.1) is 5.11 Å². The second kappa shape index (κ2) is 12.1. The van der Waals surface area contributed by atoms with Crippen molar-refractivity contribution in [3.8, 4) is 0 Å². The van der Waals surface area contributed by atoms with Gasteiger partial charge in [0.25, 0.3) is 0 Å². The number of carbonyl (C=O) groups is 2. The highest BCUT2D eigenvalue weighted by Crippen LogP contribution is 2.42. The van der Waals surface area contributed by atoms with E-state index in [1.807, 2.05) is 6.92 Å². The van der Waals surface area contributed by atoms with Gasteiger partial charge in [0.05, 0.1) is 17.2 Å². The maximum Gasteiger partial charge on any atom is 0.417 e. The zero-order valence-corrected chi connectivity index (χ0v) is 21.3. The number of rotatable bonds is 8. The summed E-state index contributed by atoms with van der Waals surface area (Å²) in [5.74, 6) is 0.178. The standard InChI is InChI=1S/C25H23ClF3N7O3/c1-2-3-4-11-39-24(38)34-22-21-20(30-13-31-22)19(35-36-21)14-5-7-15(8-6-14)32-23(37)33-16-9-10-18(26)17(12-16)25(27,28)29/h5-10,12-13,19H,2-4,11H2,1H3,(H2,32,33,37)(H,30,31,34,38). The first-order valence-electron chi connectivity index (χ1n) is 11.9. The minimum Gasteiger partial charge on any atom is -0.449 e. The number of fused-ring (bicyclic) bond motifs is 1. The molecular weight excluding hydrogens is 539 g/mol. The molecule has 10 nitrogen and oxygen atoms in total. The number of halogens is 4. The Morgan fingerprint density at radius 3 is 2.44 bits per heavy atom. The molecule has 3 aromatic rings. The number of nitrogens with zero attached hydrogens (tertiary/aromatic N) is 4. The van der Waals surface area contributed by atoms with Crippen LogP contribution in [0.5, 0.6) is 0 Å². The van der Waals surface area contributed by atoms with Crippen LogP contribution in [-0.2, 0) is 10.9 Å². The summed E-state index contributed by atoms with van der Waals surface area (Å²) < 4.78 is 44.3. The third-order valence-electron chi connectivity index (χ3n) is 5.60. The number of anilines is 3. The number of azo groups is 1. The number of benzene rings is 2. The molecule has 0 aliphatic carbocycles. The van der Waals surface area contributed by atoms with Gasteiger partial charge in [-0.05, 0) is 42.3 Å². The Hall–Kier alpha value is -4.26. The van der Waals surface area contributed by atoms with Gasteiger partial charge < -0.3 is 15.4 Å². The zero-order valence-electron chi connectivity index (χ0n) is 20.6. The van der Waals surface area contributed by atoms with Crippen molar-refractivity contribution in [3.05, 3.63) is 70.6 Å². The molecule has 2 heterocycles. The zero-order chi connectivity index (χ0) is 28.0. The summed E-state index contributed by atoms with van der Waals surface area (Å²) in [5, 5.41) is 15.4. The predicted molar refractivity (Wildman–Crippen MR) is 138 cm³/mol. The fourth-order valence-corrected chi connectivity index (χ4v) is 3.91. The van der Waals surface area contributed by atoms with Crippen molar-refractivity contribution < 1.29 is 27.5 Å². The highest BCUT2D eigenvalue weighted by Gasteiger charge is 2.33. The summed E-state index contributed by atoms with van der Waals surface area (Å²) >= 11 is 5.61. The number of ether oxygens (including phenoxy) is 1. The summed E-state index contributed by atoms with van der Waals surface area (Å²) in [6.07, 6.45) is -1.29. The number of aromatic nitrogens is 2. The molecule has 0 saturated carbocycles. The van der Waals surface area contributed by atoms with E-state index in [4.69, 9.17) is 16.3 Å². The summed E-state index contributed by atoms with van der Waals surface area (Å²) in [6, 6.07) is 8.34. The van der Waals surface area contributed by atoms with Crippen LogP contribution in [-0.4, -0.2) is 28.7 Å². The molecule has 4 rings (SSSR count). The van der Waals surface area contributed by atoms with Crippen LogP contribution in [0.1, 0.15) is 49.0 Å². The summed E-state index contributed by atoms with van der Waals surface area (Å²) in [7, 11) is 0. The van der Waals surface area contributed by atoms with E-state index in [1.54, 1.807) is 24.3 Å². The van der Waals surface area contributed by atoms with Gasteiger partial charge in [0, 0.05) is 11.4 Å². The third kappa shape index (κ3) is 6.99. The Morgan fingerprint density at radius 1 is 1.00 bits per heavy atom. The fourth-order valence-electron chi connectivity index (χ4n) is 3.69. The monoisotopic (exact) mass is 561 g/mol. The van der Waals surface area contributed by atoms with Crippen molar-refractivity contribution in [1.29, 1.82) is 0 Å². The molecule has 3 amide bonds. The number of urea groups is 1. The van der Waals surface area contributed by atoms with Crippen molar-refractivity contribution in [2.75, 3.05) is 22.6 Å². The lowest BCUT2D eigenvalue weighted by Gasteiger charge is -2.13. The van der Waals surface area contributed by atoms with Gasteiger partial charge in [-0.3, -0.25) is 5.32 Å². The van der Waals surface area contributed by atoms with E-state index >= 15 is 0 Å². The second-order valence-corrected chi connectivity index (χ2v) is 8.84. The lowest BCUT2D eigenvalue weighted by molar-refractivity contribution is -0.137. The van der Waals surface area contributed by atoms with E-state index in [0.29, 0.717) is 29.2 Å². The van der Waals surface area contributed by atoms with Crippen LogP contribution in [0.25, 0.3) is 0 Å². The van der Waals surface area contributed by atoms with Crippen molar-refractivity contribution in [1.82, 2.24) is 9.97 Å². The van der Waals surface area contributed by atoms with Crippen molar-refractivity contribution in [3.63, 3.8) is 0 Å². The van der Waals surface area contributed by atoms with E-state index in [1.165, 1.54) is 12.4 Å². The molecule has 204 valence electrons. The maximum absolute atomic E-state index is 13.1. The smallest absolute Gasteiger partial charge is 0.417 e. The molecule has 39 heavy (non-hydrogen) atoms. The Bertz CT molecular complexity index is 1380. The van der Waals surface area contributed by atoms with Crippen LogP contribution in [0.15, 0.2) is 59.0 Å². The molecule has 0 radical (unpaired) electrons. The molecule has 0 spiro atoms. The predicted octanol–water partition coefficient (Wildman–Crippen LogP) is 7.72. The average Bonchev–Trinajstić information content (AvgIpc) is 3.33. The first-order chi connectivity index (χ1) is 18.7. The number of unbranched alkanes of at least 4 members (excludes halogenated alkanes) is 2. The molecule has 1 aliphatic rings. The second-order valence-electron chi connectivity index (χ2n) is 8.44. The van der Waals surface area contributed by atoms with Gasteiger partial charge in [0.15, 0.2) is 11.5 Å². The first kappa shape index (κ1) is 27.8. The minimum atomic E-state index is -4.66. The van der Waals surface area contributed by atoms with E-state index in [0.717, 1.165) is 31.4 Å². The number of carbonyl (C=O) groups excluding carboxylic acids is 2. The summed E-state index contributed by atoms with van der Waals surface area (Å²) in [6.45, 7) is 2.35. The quantitative estimate of drug-likeness (QED) is 0.242. The van der Waals surface area contributed by atoms with Crippen molar-refractivity contribution >= 4 is 46.6 Å². The van der Waals surface area contributed by atoms with E-state index in [-0.39, 0.29) is 11.5 Å². The van der Waals surface area contributed by atoms with Crippen LogP contribution >= 0.6 is 11.6 Å². The molecule has 1 atom stereocenters. The number of hydrogen-bond donors (Lipinski definition) is 3. The van der Waals surface area contributed by atoms with Crippen molar-refractivity contribution in [2.45, 2.75) is 38.4 Å². The Kier molecular flexibility index (Phi) is 8.59. The maximum atomic E-state index is 13.1. The largest absolute Gasteiger partial charge is 0.449 e. The first-order valence-corrected chi connectivity index (χ1v) is 12.3. The minimum absolute atomic E-state index is 0.0715. The lowest BCUT2D eigenvalue weighted by atomic mass is 10.0. The fraction of sp³-hybridized carbons (Fsp3) is 0.280. The molecule has 1 aromatic heterocycles. The highest BCUT2D eigenvalue weighted by atomic mass is 35.5. The van der Waals surface area contributed by atoms with E-state index in [2.05, 4.69) is 36.1 Å². The average molecular weight is 562 g/mol. The van der Waals surface area contributed by atoms with Gasteiger partial charge in [-0.2, -0.15) is 18.3 Å². The van der Waals surface area contributed by atoms with Crippen LogP contribution in [0.3, 0.4) is 0 Å². The van der Waals surface area contributed by atoms with Crippen LogP contribution in [0.2, 0.25) is 5.02 Å². The van der Waals surface area contributed by atoms with Gasteiger partial charge >= 0.3 is 18.3 Å². The number of alkyl halides is 3. The molecule has 1 aliphatic heterocycles. The van der Waals surface area contributed by atoms with Crippen LogP contribution in [0, 0.1) is 0 Å². The molecule has 14 heteroatoms. The van der Waals surface area contributed by atoms with Gasteiger partial charge in [0.2, 0.25) is 0 Å². The van der Waals surface area contributed by atoms with Crippen LogP contribution in [0.4, 0.5) is 45.6 Å². The molecule has 3 N–H and O–H groups in total. The topological polar surface area (TPSA) is 130 Å². The van der Waals surface area contributed by atoms with E-state index in [9.17, 15) is 22.8 Å². The van der Waals surface area contributed by atoms with Gasteiger partial charge in [-0.25, -0.2) is 19.6 Å². The number of nitrogens with one attached hydrogen (secondary N) is 3. The highest BCUT2D eigenvalue weighted by molar-refractivity contribution is 6.31. The lowest BCUT2D eigenvalue weighted by Crippen LogP contribution is -2.20. The SMILES string of the molecule is CCCCCOC(=O)Nc1ncnc2c1N=NC2c1ccc(NC(=O)Nc2ccc(Cl)c(C(F)(F)F)c2)cc1. The van der Waals surface area contributed by atoms with Crippen molar-refractivity contribution in [2.24, 2.45) is 10.2 Å². The molecule has 0 fully saturated rings. The number of amides is 3. The Balaban J connectivity index is 1.38. The Labute approximate surface area is 226 Å². The summed E-state index contributed by atoms with van der Waals surface area (Å²) in [4.78, 5) is 32.7. The summed E-state index contributed by atoms with van der Waals surface area (Å²) in [5.41, 5.74) is 0.750. The third-order valence-corrected chi connectivity index (χ3v) is 5.93. The molecule has 0 saturated heterocycles. The molecule has 2 aromatic carbocycles.